The third kappa shape index (κ3) is 5.65. The SMILES string of the molecule is CC(=O)N(OCc1ccccc1)C1CCN(CC(C)c2ccccc2)CC1. The topological polar surface area (TPSA) is 32.8 Å². The lowest BCUT2D eigenvalue weighted by Gasteiger charge is -2.38. The number of benzene rings is 2. The fourth-order valence-corrected chi connectivity index (χ4v) is 3.78. The average molecular weight is 367 g/mol. The van der Waals surface area contributed by atoms with Crippen molar-refractivity contribution < 1.29 is 9.63 Å². The summed E-state index contributed by atoms with van der Waals surface area (Å²) in [4.78, 5) is 20.5. The van der Waals surface area contributed by atoms with E-state index in [2.05, 4.69) is 42.2 Å². The van der Waals surface area contributed by atoms with Crippen LogP contribution in [0.1, 0.15) is 43.7 Å². The van der Waals surface area contributed by atoms with Gasteiger partial charge in [0.1, 0.15) is 6.61 Å². The molecule has 1 amide bonds. The predicted octanol–water partition coefficient (Wildman–Crippen LogP) is 4.23. The van der Waals surface area contributed by atoms with E-state index < -0.39 is 0 Å². The maximum absolute atomic E-state index is 12.1. The maximum atomic E-state index is 12.1. The summed E-state index contributed by atoms with van der Waals surface area (Å²) in [6.45, 7) is 7.37. The summed E-state index contributed by atoms with van der Waals surface area (Å²) in [5.41, 5.74) is 2.47. The normalized spacial score (nSPS) is 16.8. The van der Waals surface area contributed by atoms with Crippen molar-refractivity contribution in [2.45, 2.75) is 45.3 Å². The molecule has 144 valence electrons. The van der Waals surface area contributed by atoms with E-state index in [1.54, 1.807) is 12.0 Å². The Bertz CT molecular complexity index is 697. The molecule has 1 aliphatic heterocycles. The Morgan fingerprint density at radius 3 is 2.26 bits per heavy atom. The lowest BCUT2D eigenvalue weighted by molar-refractivity contribution is -0.208. The molecular weight excluding hydrogens is 336 g/mol. The molecular formula is C23H30N2O2. The Kier molecular flexibility index (Phi) is 7.02. The second kappa shape index (κ2) is 9.67. The zero-order chi connectivity index (χ0) is 19.1. The van der Waals surface area contributed by atoms with Crippen molar-refractivity contribution in [1.29, 1.82) is 0 Å². The number of likely N-dealkylation sites (tertiary alicyclic amines) is 1. The highest BCUT2D eigenvalue weighted by molar-refractivity contribution is 5.72. The van der Waals surface area contributed by atoms with Crippen LogP contribution >= 0.6 is 0 Å². The van der Waals surface area contributed by atoms with Crippen LogP contribution in [0.15, 0.2) is 60.7 Å². The minimum absolute atomic E-state index is 0.0120. The molecule has 4 heteroatoms. The average Bonchev–Trinajstić information content (AvgIpc) is 2.70. The molecule has 0 spiro atoms. The summed E-state index contributed by atoms with van der Waals surface area (Å²) < 4.78 is 0. The van der Waals surface area contributed by atoms with Gasteiger partial charge in [-0.25, -0.2) is 5.06 Å². The van der Waals surface area contributed by atoms with Gasteiger partial charge in [0.25, 0.3) is 0 Å². The van der Waals surface area contributed by atoms with Crippen LogP contribution < -0.4 is 0 Å². The fraction of sp³-hybridized carbons (Fsp3) is 0.435. The number of hydrogen-bond acceptors (Lipinski definition) is 3. The molecule has 0 saturated carbocycles. The number of hydrogen-bond donors (Lipinski definition) is 0. The summed E-state index contributed by atoms with van der Waals surface area (Å²) in [5.74, 6) is 0.503. The zero-order valence-corrected chi connectivity index (χ0v) is 16.4. The monoisotopic (exact) mass is 366 g/mol. The molecule has 27 heavy (non-hydrogen) atoms. The first kappa shape index (κ1) is 19.6. The molecule has 3 rings (SSSR count). The second-order valence-corrected chi connectivity index (χ2v) is 7.45. The Labute approximate surface area is 162 Å². The molecule has 2 aromatic rings. The van der Waals surface area contributed by atoms with Gasteiger partial charge in [-0.1, -0.05) is 67.6 Å². The van der Waals surface area contributed by atoms with Crippen LogP contribution in [0.5, 0.6) is 0 Å². The van der Waals surface area contributed by atoms with Crippen molar-refractivity contribution in [1.82, 2.24) is 9.96 Å². The summed E-state index contributed by atoms with van der Waals surface area (Å²) in [6.07, 6.45) is 1.91. The largest absolute Gasteiger partial charge is 0.303 e. The molecule has 1 saturated heterocycles. The first-order valence-electron chi connectivity index (χ1n) is 9.87. The summed E-state index contributed by atoms with van der Waals surface area (Å²) in [7, 11) is 0. The van der Waals surface area contributed by atoms with Gasteiger partial charge in [-0.2, -0.15) is 0 Å². The van der Waals surface area contributed by atoms with Crippen molar-refractivity contribution in [3.8, 4) is 0 Å². The molecule has 0 radical (unpaired) electrons. The van der Waals surface area contributed by atoms with Gasteiger partial charge in [0.2, 0.25) is 5.91 Å². The van der Waals surface area contributed by atoms with E-state index in [9.17, 15) is 4.79 Å². The summed E-state index contributed by atoms with van der Waals surface area (Å²) in [6, 6.07) is 20.8. The van der Waals surface area contributed by atoms with E-state index in [1.165, 1.54) is 5.56 Å². The predicted molar refractivity (Wildman–Crippen MR) is 108 cm³/mol. The van der Waals surface area contributed by atoms with Gasteiger partial charge in [-0.05, 0) is 29.9 Å². The molecule has 1 atom stereocenters. The third-order valence-corrected chi connectivity index (χ3v) is 5.31. The van der Waals surface area contributed by atoms with Crippen molar-refractivity contribution in [3.05, 3.63) is 71.8 Å². The minimum Gasteiger partial charge on any atom is -0.303 e. The van der Waals surface area contributed by atoms with Gasteiger partial charge in [0.05, 0.1) is 6.04 Å². The molecule has 0 aromatic heterocycles. The number of piperidine rings is 1. The van der Waals surface area contributed by atoms with Crippen LogP contribution in [0.25, 0.3) is 0 Å². The van der Waals surface area contributed by atoms with Crippen LogP contribution in [0.2, 0.25) is 0 Å². The van der Waals surface area contributed by atoms with Crippen LogP contribution in [-0.4, -0.2) is 41.5 Å². The van der Waals surface area contributed by atoms with E-state index in [1.807, 2.05) is 30.3 Å². The van der Waals surface area contributed by atoms with Gasteiger partial charge in [0.15, 0.2) is 0 Å². The van der Waals surface area contributed by atoms with Crippen molar-refractivity contribution in [3.63, 3.8) is 0 Å². The Morgan fingerprint density at radius 1 is 1.07 bits per heavy atom. The van der Waals surface area contributed by atoms with Gasteiger partial charge in [-0.3, -0.25) is 9.63 Å². The molecule has 1 unspecified atom stereocenters. The van der Waals surface area contributed by atoms with Crippen molar-refractivity contribution in [2.75, 3.05) is 19.6 Å². The number of nitrogens with zero attached hydrogens (tertiary/aromatic N) is 2. The standard InChI is InChI=1S/C23H30N2O2/c1-19(22-11-7-4-8-12-22)17-24-15-13-23(14-16-24)25(20(2)26)27-18-21-9-5-3-6-10-21/h3-12,19,23H,13-18H2,1-2H3. The fourth-order valence-electron chi connectivity index (χ4n) is 3.78. The Morgan fingerprint density at radius 2 is 1.67 bits per heavy atom. The molecule has 0 aliphatic carbocycles. The van der Waals surface area contributed by atoms with Crippen molar-refractivity contribution >= 4 is 5.91 Å². The highest BCUT2D eigenvalue weighted by Crippen LogP contribution is 2.22. The Hall–Kier alpha value is -2.17. The quantitative estimate of drug-likeness (QED) is 0.687. The molecule has 1 aliphatic rings. The van der Waals surface area contributed by atoms with Gasteiger partial charge in [0, 0.05) is 26.6 Å². The van der Waals surface area contributed by atoms with Gasteiger partial charge < -0.3 is 4.90 Å². The summed E-state index contributed by atoms with van der Waals surface area (Å²) in [5, 5.41) is 1.60. The number of carbonyl (C=O) groups is 1. The third-order valence-electron chi connectivity index (χ3n) is 5.31. The van der Waals surface area contributed by atoms with Crippen LogP contribution in [0, 0.1) is 0 Å². The first-order valence-corrected chi connectivity index (χ1v) is 9.87. The number of amides is 1. The Balaban J connectivity index is 1.49. The van der Waals surface area contributed by atoms with Crippen LogP contribution in [0.3, 0.4) is 0 Å². The highest BCUT2D eigenvalue weighted by atomic mass is 16.7. The molecule has 0 bridgehead atoms. The number of rotatable bonds is 7. The van der Waals surface area contributed by atoms with E-state index in [4.69, 9.17) is 4.84 Å². The maximum Gasteiger partial charge on any atom is 0.243 e. The van der Waals surface area contributed by atoms with E-state index in [0.717, 1.165) is 38.0 Å². The summed E-state index contributed by atoms with van der Waals surface area (Å²) >= 11 is 0. The lowest BCUT2D eigenvalue weighted by Crippen LogP contribution is -2.47. The number of carbonyl (C=O) groups excluding carboxylic acids is 1. The smallest absolute Gasteiger partial charge is 0.243 e. The molecule has 1 fully saturated rings. The molecule has 1 heterocycles. The van der Waals surface area contributed by atoms with Gasteiger partial charge >= 0.3 is 0 Å². The number of hydroxylamine groups is 2. The highest BCUT2D eigenvalue weighted by Gasteiger charge is 2.28. The second-order valence-electron chi connectivity index (χ2n) is 7.45. The minimum atomic E-state index is -0.0120. The molecule has 2 aromatic carbocycles. The molecule has 0 N–H and O–H groups in total. The van der Waals surface area contributed by atoms with E-state index >= 15 is 0 Å². The lowest BCUT2D eigenvalue weighted by atomic mass is 9.98. The van der Waals surface area contributed by atoms with Crippen LogP contribution in [-0.2, 0) is 16.2 Å². The van der Waals surface area contributed by atoms with E-state index in [0.29, 0.717) is 12.5 Å². The molecule has 4 nitrogen and oxygen atoms in total. The van der Waals surface area contributed by atoms with Gasteiger partial charge in [-0.15, -0.1) is 0 Å². The van der Waals surface area contributed by atoms with E-state index in [-0.39, 0.29) is 11.9 Å². The van der Waals surface area contributed by atoms with Crippen LogP contribution in [0.4, 0.5) is 0 Å². The first-order chi connectivity index (χ1) is 13.1. The zero-order valence-electron chi connectivity index (χ0n) is 16.4. The van der Waals surface area contributed by atoms with Crippen molar-refractivity contribution in [2.24, 2.45) is 0 Å².